The van der Waals surface area contributed by atoms with Crippen LogP contribution in [0.25, 0.3) is 0 Å². The minimum absolute atomic E-state index is 0.299. The zero-order valence-corrected chi connectivity index (χ0v) is 9.38. The van der Waals surface area contributed by atoms with Crippen molar-refractivity contribution >= 4 is 0 Å². The summed E-state index contributed by atoms with van der Waals surface area (Å²) >= 11 is 0. The highest BCUT2D eigenvalue weighted by Gasteiger charge is 2.26. The molecule has 0 saturated heterocycles. The molecule has 1 aliphatic heterocycles. The third kappa shape index (κ3) is 2.37. The van der Waals surface area contributed by atoms with Crippen molar-refractivity contribution in [3.8, 4) is 0 Å². The molecule has 2 atom stereocenters. The minimum Gasteiger partial charge on any atom is -0.319 e. The SMILES string of the molecule is CC1(N)C=CC2=C(C=C1)CC(C)(N)NC2. The first-order chi connectivity index (χ1) is 6.88. The van der Waals surface area contributed by atoms with Crippen molar-refractivity contribution in [1.82, 2.24) is 5.32 Å². The fraction of sp³-hybridized carbons (Fsp3) is 0.500. The molecule has 0 aromatic heterocycles. The second-order valence-corrected chi connectivity index (χ2v) is 5.03. The Hall–Kier alpha value is -0.900. The van der Waals surface area contributed by atoms with E-state index in [-0.39, 0.29) is 11.2 Å². The molecule has 82 valence electrons. The summed E-state index contributed by atoms with van der Waals surface area (Å²) in [7, 11) is 0. The highest BCUT2D eigenvalue weighted by molar-refractivity contribution is 5.43. The zero-order valence-electron chi connectivity index (χ0n) is 9.38. The Balaban J connectivity index is 2.32. The van der Waals surface area contributed by atoms with Gasteiger partial charge in [-0.2, -0.15) is 0 Å². The lowest BCUT2D eigenvalue weighted by atomic mass is 9.93. The molecule has 2 aliphatic rings. The molecule has 2 rings (SSSR count). The van der Waals surface area contributed by atoms with E-state index in [4.69, 9.17) is 11.5 Å². The fourth-order valence-corrected chi connectivity index (χ4v) is 1.93. The molecule has 0 radical (unpaired) electrons. The van der Waals surface area contributed by atoms with E-state index in [1.807, 2.05) is 26.0 Å². The standard InChI is InChI=1S/C12H19N3/c1-11(13)5-3-9-7-12(2,14)15-8-10(9)4-6-11/h3-6,15H,7-8,13-14H2,1-2H3. The Bertz CT molecular complexity index is 359. The highest BCUT2D eigenvalue weighted by atomic mass is 15.1. The Labute approximate surface area is 90.9 Å². The smallest absolute Gasteiger partial charge is 0.0676 e. The van der Waals surface area contributed by atoms with Crippen LogP contribution in [0.4, 0.5) is 0 Å². The molecular formula is C12H19N3. The molecule has 0 fully saturated rings. The maximum Gasteiger partial charge on any atom is 0.0676 e. The van der Waals surface area contributed by atoms with Crippen LogP contribution in [0.15, 0.2) is 35.5 Å². The Morgan fingerprint density at radius 2 is 1.73 bits per heavy atom. The van der Waals surface area contributed by atoms with Gasteiger partial charge in [-0.1, -0.05) is 24.3 Å². The number of nitrogens with one attached hydrogen (secondary N) is 1. The molecule has 3 nitrogen and oxygen atoms in total. The fourth-order valence-electron chi connectivity index (χ4n) is 1.93. The van der Waals surface area contributed by atoms with Gasteiger partial charge in [0.15, 0.2) is 0 Å². The van der Waals surface area contributed by atoms with E-state index in [0.717, 1.165) is 13.0 Å². The van der Waals surface area contributed by atoms with Gasteiger partial charge in [0.1, 0.15) is 0 Å². The first-order valence-corrected chi connectivity index (χ1v) is 5.31. The monoisotopic (exact) mass is 205 g/mol. The molecule has 1 heterocycles. The first kappa shape index (κ1) is 10.6. The van der Waals surface area contributed by atoms with Crippen molar-refractivity contribution in [3.05, 3.63) is 35.5 Å². The highest BCUT2D eigenvalue weighted by Crippen LogP contribution is 2.26. The van der Waals surface area contributed by atoms with Crippen LogP contribution < -0.4 is 16.8 Å². The van der Waals surface area contributed by atoms with Crippen molar-refractivity contribution in [2.45, 2.75) is 31.5 Å². The molecule has 15 heavy (non-hydrogen) atoms. The van der Waals surface area contributed by atoms with Crippen LogP contribution in [0.5, 0.6) is 0 Å². The molecule has 0 aromatic carbocycles. The van der Waals surface area contributed by atoms with E-state index in [9.17, 15) is 0 Å². The summed E-state index contributed by atoms with van der Waals surface area (Å²) < 4.78 is 0. The summed E-state index contributed by atoms with van der Waals surface area (Å²) in [6.45, 7) is 4.83. The third-order valence-electron chi connectivity index (χ3n) is 2.94. The second kappa shape index (κ2) is 3.30. The molecule has 0 saturated carbocycles. The number of hydrogen-bond donors (Lipinski definition) is 3. The maximum absolute atomic E-state index is 6.07. The van der Waals surface area contributed by atoms with Gasteiger partial charge in [0, 0.05) is 13.0 Å². The summed E-state index contributed by atoms with van der Waals surface area (Å²) in [4.78, 5) is 0. The topological polar surface area (TPSA) is 64.1 Å². The van der Waals surface area contributed by atoms with Gasteiger partial charge in [0.2, 0.25) is 0 Å². The first-order valence-electron chi connectivity index (χ1n) is 5.31. The van der Waals surface area contributed by atoms with Crippen molar-refractivity contribution in [2.75, 3.05) is 6.54 Å². The van der Waals surface area contributed by atoms with Gasteiger partial charge in [-0.3, -0.25) is 5.32 Å². The number of allylic oxidation sites excluding steroid dienone is 1. The van der Waals surface area contributed by atoms with Crippen LogP contribution in [0.1, 0.15) is 20.3 Å². The van der Waals surface area contributed by atoms with Gasteiger partial charge >= 0.3 is 0 Å². The van der Waals surface area contributed by atoms with E-state index in [0.29, 0.717) is 0 Å². The van der Waals surface area contributed by atoms with Crippen LogP contribution >= 0.6 is 0 Å². The van der Waals surface area contributed by atoms with Crippen LogP contribution in [-0.4, -0.2) is 17.7 Å². The van der Waals surface area contributed by atoms with Crippen molar-refractivity contribution in [3.63, 3.8) is 0 Å². The van der Waals surface area contributed by atoms with Crippen molar-refractivity contribution in [2.24, 2.45) is 11.5 Å². The minimum atomic E-state index is -0.345. The van der Waals surface area contributed by atoms with Gasteiger partial charge in [-0.15, -0.1) is 0 Å². The van der Waals surface area contributed by atoms with E-state index in [2.05, 4.69) is 17.5 Å². The normalized spacial score (nSPS) is 40.3. The Morgan fingerprint density at radius 3 is 2.40 bits per heavy atom. The van der Waals surface area contributed by atoms with E-state index < -0.39 is 0 Å². The van der Waals surface area contributed by atoms with Gasteiger partial charge in [-0.25, -0.2) is 0 Å². The van der Waals surface area contributed by atoms with Gasteiger partial charge in [0.25, 0.3) is 0 Å². The number of rotatable bonds is 0. The summed E-state index contributed by atoms with van der Waals surface area (Å²) in [5, 5.41) is 3.31. The van der Waals surface area contributed by atoms with Crippen LogP contribution in [0, 0.1) is 0 Å². The average molecular weight is 205 g/mol. The summed E-state index contributed by atoms with van der Waals surface area (Å²) in [6, 6.07) is 0. The van der Waals surface area contributed by atoms with Crippen LogP contribution in [0.2, 0.25) is 0 Å². The zero-order chi connectivity index (χ0) is 11.1. The summed E-state index contributed by atoms with van der Waals surface area (Å²) in [5.41, 5.74) is 14.1. The summed E-state index contributed by atoms with van der Waals surface area (Å²) in [5.74, 6) is 0. The Morgan fingerprint density at radius 1 is 1.13 bits per heavy atom. The molecule has 1 aliphatic carbocycles. The average Bonchev–Trinajstić information content (AvgIpc) is 2.25. The lowest BCUT2D eigenvalue weighted by Gasteiger charge is -2.32. The van der Waals surface area contributed by atoms with Crippen LogP contribution in [-0.2, 0) is 0 Å². The quantitative estimate of drug-likeness (QED) is 0.548. The summed E-state index contributed by atoms with van der Waals surface area (Å²) in [6.07, 6.45) is 9.14. The van der Waals surface area contributed by atoms with E-state index in [1.54, 1.807) is 0 Å². The Kier molecular flexibility index (Phi) is 2.34. The lowest BCUT2D eigenvalue weighted by Crippen LogP contribution is -2.53. The van der Waals surface area contributed by atoms with Crippen molar-refractivity contribution < 1.29 is 0 Å². The molecular weight excluding hydrogens is 186 g/mol. The predicted octanol–water partition coefficient (Wildman–Crippen LogP) is 0.795. The molecule has 0 bridgehead atoms. The maximum atomic E-state index is 6.07. The largest absolute Gasteiger partial charge is 0.319 e. The van der Waals surface area contributed by atoms with Crippen molar-refractivity contribution in [1.29, 1.82) is 0 Å². The molecule has 0 amide bonds. The van der Waals surface area contributed by atoms with Gasteiger partial charge in [0.05, 0.1) is 11.2 Å². The molecule has 2 unspecified atom stereocenters. The van der Waals surface area contributed by atoms with Crippen LogP contribution in [0.3, 0.4) is 0 Å². The molecule has 5 N–H and O–H groups in total. The van der Waals surface area contributed by atoms with E-state index >= 15 is 0 Å². The number of nitrogens with two attached hydrogens (primary N) is 2. The lowest BCUT2D eigenvalue weighted by molar-refractivity contribution is 0.365. The van der Waals surface area contributed by atoms with E-state index in [1.165, 1.54) is 11.1 Å². The predicted molar refractivity (Wildman–Crippen MR) is 63.1 cm³/mol. The number of hydrogen-bond acceptors (Lipinski definition) is 3. The second-order valence-electron chi connectivity index (χ2n) is 5.03. The third-order valence-corrected chi connectivity index (χ3v) is 2.94. The van der Waals surface area contributed by atoms with Gasteiger partial charge < -0.3 is 11.5 Å². The van der Waals surface area contributed by atoms with Gasteiger partial charge in [-0.05, 0) is 25.0 Å². The molecule has 0 aromatic rings. The molecule has 0 spiro atoms. The molecule has 3 heteroatoms.